The number of rotatable bonds is 2. The Labute approximate surface area is 111 Å². The largest absolute Gasteiger partial charge is 0.382 e. The fraction of sp³-hybridized carbons (Fsp3) is 0.125. The number of aromatic nitrogens is 2. The van der Waals surface area contributed by atoms with Crippen LogP contribution in [0.2, 0.25) is 0 Å². The summed E-state index contributed by atoms with van der Waals surface area (Å²) in [5.41, 5.74) is 9.87. The Hall–Kier alpha value is -2.42. The van der Waals surface area contributed by atoms with Crippen LogP contribution in [-0.4, -0.2) is 9.97 Å². The van der Waals surface area contributed by atoms with E-state index in [-0.39, 0.29) is 0 Å². The van der Waals surface area contributed by atoms with Crippen LogP contribution >= 0.6 is 0 Å². The normalized spacial score (nSPS) is 11.0. The van der Waals surface area contributed by atoms with Crippen LogP contribution in [0.5, 0.6) is 0 Å². The quantitative estimate of drug-likeness (QED) is 0.703. The second-order valence-corrected chi connectivity index (χ2v) is 4.59. The molecule has 3 heteroatoms. The molecule has 0 amide bonds. The van der Waals surface area contributed by atoms with Gasteiger partial charge in [0.05, 0.1) is 5.52 Å². The number of benzene rings is 1. The summed E-state index contributed by atoms with van der Waals surface area (Å²) in [6.07, 6.45) is 2.67. The summed E-state index contributed by atoms with van der Waals surface area (Å²) in [5.74, 6) is 0.477. The summed E-state index contributed by atoms with van der Waals surface area (Å²) in [4.78, 5) is 8.73. The molecule has 3 aromatic rings. The lowest BCUT2D eigenvalue weighted by Crippen LogP contribution is -1.95. The number of nitrogens with zero attached hydrogens (tertiary/aromatic N) is 2. The van der Waals surface area contributed by atoms with Gasteiger partial charge in [0.15, 0.2) is 5.82 Å². The maximum absolute atomic E-state index is 5.96. The molecule has 0 saturated carbocycles. The van der Waals surface area contributed by atoms with Gasteiger partial charge >= 0.3 is 0 Å². The summed E-state index contributed by atoms with van der Waals surface area (Å²) < 4.78 is 0. The van der Waals surface area contributed by atoms with Gasteiger partial charge in [-0.2, -0.15) is 0 Å². The first kappa shape index (κ1) is 11.7. The van der Waals surface area contributed by atoms with Crippen molar-refractivity contribution in [3.63, 3.8) is 0 Å². The third-order valence-corrected chi connectivity index (χ3v) is 3.41. The van der Waals surface area contributed by atoms with Gasteiger partial charge < -0.3 is 5.73 Å². The van der Waals surface area contributed by atoms with Gasteiger partial charge in [-0.3, -0.25) is 4.98 Å². The highest BCUT2D eigenvalue weighted by Gasteiger charge is 2.08. The van der Waals surface area contributed by atoms with Gasteiger partial charge in [-0.1, -0.05) is 25.6 Å². The second-order valence-electron chi connectivity index (χ2n) is 4.59. The zero-order valence-electron chi connectivity index (χ0n) is 10.9. The molecule has 0 radical (unpaired) electrons. The molecule has 0 aliphatic heterocycles. The second kappa shape index (κ2) is 4.35. The van der Waals surface area contributed by atoms with Crippen molar-refractivity contribution in [3.05, 3.63) is 48.7 Å². The molecule has 0 bridgehead atoms. The first-order chi connectivity index (χ1) is 9.20. The third kappa shape index (κ3) is 1.83. The van der Waals surface area contributed by atoms with Gasteiger partial charge in [-0.15, -0.1) is 0 Å². The molecule has 94 valence electrons. The van der Waals surface area contributed by atoms with Crippen molar-refractivity contribution < 1.29 is 0 Å². The zero-order chi connectivity index (χ0) is 13.4. The van der Waals surface area contributed by atoms with Crippen LogP contribution < -0.4 is 5.73 Å². The van der Waals surface area contributed by atoms with Crippen LogP contribution in [0, 0.1) is 0 Å². The van der Waals surface area contributed by atoms with Crippen molar-refractivity contribution in [2.75, 3.05) is 5.73 Å². The molecule has 2 aromatic heterocycles. The van der Waals surface area contributed by atoms with E-state index >= 15 is 0 Å². The number of pyridine rings is 2. The lowest BCUT2D eigenvalue weighted by atomic mass is 10.0. The number of hydrogen-bond acceptors (Lipinski definition) is 3. The predicted molar refractivity (Wildman–Crippen MR) is 80.8 cm³/mol. The van der Waals surface area contributed by atoms with Crippen molar-refractivity contribution in [3.8, 4) is 0 Å². The smallest absolute Gasteiger partial charge is 0.150 e. The number of fused-ring (bicyclic) bond motifs is 3. The minimum Gasteiger partial charge on any atom is -0.382 e. The third-order valence-electron chi connectivity index (χ3n) is 3.41. The minimum absolute atomic E-state index is 0.477. The molecule has 3 nitrogen and oxygen atoms in total. The number of nitrogen functional groups attached to an aromatic ring is 1. The molecule has 0 unspecified atom stereocenters. The fourth-order valence-corrected chi connectivity index (χ4v) is 2.28. The SMILES string of the molecule is C=C(CC)c1ccc2nc(N)c3ncccc3c2c1. The van der Waals surface area contributed by atoms with Gasteiger partial charge in [0.2, 0.25) is 0 Å². The van der Waals surface area contributed by atoms with Crippen molar-refractivity contribution in [1.29, 1.82) is 0 Å². The van der Waals surface area contributed by atoms with Crippen LogP contribution in [0.25, 0.3) is 27.4 Å². The van der Waals surface area contributed by atoms with Crippen molar-refractivity contribution in [1.82, 2.24) is 9.97 Å². The van der Waals surface area contributed by atoms with Gasteiger partial charge in [0.1, 0.15) is 5.52 Å². The van der Waals surface area contributed by atoms with Crippen LogP contribution in [-0.2, 0) is 0 Å². The number of nitrogens with two attached hydrogens (primary N) is 1. The molecule has 2 heterocycles. The molecule has 0 aliphatic carbocycles. The van der Waals surface area contributed by atoms with E-state index in [4.69, 9.17) is 5.73 Å². The van der Waals surface area contributed by atoms with Crippen LogP contribution in [0.4, 0.5) is 5.82 Å². The molecule has 0 fully saturated rings. The Morgan fingerprint density at radius 3 is 2.89 bits per heavy atom. The average Bonchev–Trinajstić information content (AvgIpc) is 2.46. The number of anilines is 1. The molecule has 0 aliphatic rings. The standard InChI is InChI=1S/C16H15N3/c1-3-10(2)11-6-7-14-13(9-11)12-5-4-8-18-15(12)16(17)19-14/h4-9H,2-3H2,1H3,(H2,17,19). The molecular formula is C16H15N3. The first-order valence-electron chi connectivity index (χ1n) is 6.33. The molecule has 3 rings (SSSR count). The van der Waals surface area contributed by atoms with Crippen molar-refractivity contribution >= 4 is 33.2 Å². The lowest BCUT2D eigenvalue weighted by molar-refractivity contribution is 1.25. The molecule has 0 saturated heterocycles. The van der Waals surface area contributed by atoms with E-state index in [1.165, 1.54) is 0 Å². The molecule has 0 spiro atoms. The molecule has 1 aromatic carbocycles. The zero-order valence-corrected chi connectivity index (χ0v) is 10.9. The first-order valence-corrected chi connectivity index (χ1v) is 6.33. The summed E-state index contributed by atoms with van der Waals surface area (Å²) >= 11 is 0. The average molecular weight is 249 g/mol. The lowest BCUT2D eigenvalue weighted by Gasteiger charge is -2.08. The monoisotopic (exact) mass is 249 g/mol. The number of allylic oxidation sites excluding steroid dienone is 1. The van der Waals surface area contributed by atoms with E-state index in [1.54, 1.807) is 6.20 Å². The highest BCUT2D eigenvalue weighted by atomic mass is 14.9. The van der Waals surface area contributed by atoms with Gasteiger partial charge in [0, 0.05) is 17.0 Å². The maximum atomic E-state index is 5.96. The topological polar surface area (TPSA) is 51.8 Å². The van der Waals surface area contributed by atoms with Crippen LogP contribution in [0.3, 0.4) is 0 Å². The van der Waals surface area contributed by atoms with Crippen molar-refractivity contribution in [2.24, 2.45) is 0 Å². The van der Waals surface area contributed by atoms with Crippen molar-refractivity contribution in [2.45, 2.75) is 13.3 Å². The van der Waals surface area contributed by atoms with Crippen LogP contribution in [0.15, 0.2) is 43.1 Å². The maximum Gasteiger partial charge on any atom is 0.150 e. The molecular weight excluding hydrogens is 234 g/mol. The Morgan fingerprint density at radius 1 is 1.26 bits per heavy atom. The van der Waals surface area contributed by atoms with E-state index in [2.05, 4.69) is 29.5 Å². The summed E-state index contributed by atoms with van der Waals surface area (Å²) in [5, 5.41) is 2.11. The van der Waals surface area contributed by atoms with Gasteiger partial charge in [-0.05, 0) is 35.8 Å². The summed E-state index contributed by atoms with van der Waals surface area (Å²) in [7, 11) is 0. The Kier molecular flexibility index (Phi) is 2.67. The van der Waals surface area contributed by atoms with E-state index < -0.39 is 0 Å². The van der Waals surface area contributed by atoms with E-state index in [1.807, 2.05) is 24.3 Å². The van der Waals surface area contributed by atoms with Gasteiger partial charge in [0.25, 0.3) is 0 Å². The van der Waals surface area contributed by atoms with Gasteiger partial charge in [-0.25, -0.2) is 4.98 Å². The highest BCUT2D eigenvalue weighted by Crippen LogP contribution is 2.28. The Morgan fingerprint density at radius 2 is 2.11 bits per heavy atom. The summed E-state index contributed by atoms with van der Waals surface area (Å²) in [6.45, 7) is 6.19. The summed E-state index contributed by atoms with van der Waals surface area (Å²) in [6, 6.07) is 10.1. The predicted octanol–water partition coefficient (Wildman–Crippen LogP) is 3.79. The van der Waals surface area contributed by atoms with E-state index in [0.717, 1.165) is 39.4 Å². The fourth-order valence-electron chi connectivity index (χ4n) is 2.28. The van der Waals surface area contributed by atoms with Crippen LogP contribution in [0.1, 0.15) is 18.9 Å². The van der Waals surface area contributed by atoms with E-state index in [0.29, 0.717) is 5.82 Å². The minimum atomic E-state index is 0.477. The highest BCUT2D eigenvalue weighted by molar-refractivity contribution is 6.08. The molecule has 0 atom stereocenters. The molecule has 2 N–H and O–H groups in total. The Bertz CT molecular complexity index is 790. The Balaban J connectivity index is 2.41. The number of hydrogen-bond donors (Lipinski definition) is 1. The molecule has 19 heavy (non-hydrogen) atoms. The van der Waals surface area contributed by atoms with E-state index in [9.17, 15) is 0 Å².